The van der Waals surface area contributed by atoms with Crippen LogP contribution >= 0.6 is 0 Å². The molecule has 1 saturated heterocycles. The van der Waals surface area contributed by atoms with E-state index < -0.39 is 0 Å². The zero-order valence-corrected chi connectivity index (χ0v) is 13.3. The number of benzene rings is 2. The van der Waals surface area contributed by atoms with Gasteiger partial charge >= 0.3 is 0 Å². The number of piperidine rings is 1. The van der Waals surface area contributed by atoms with E-state index in [1.54, 1.807) is 0 Å². The fourth-order valence-corrected chi connectivity index (χ4v) is 3.10. The molecule has 0 saturated carbocycles. The molecule has 0 bridgehead atoms. The zero-order valence-electron chi connectivity index (χ0n) is 13.3. The number of hydrogen-bond donors (Lipinski definition) is 0. The second kappa shape index (κ2) is 7.57. The fraction of sp³-hybridized carbons (Fsp3) is 0.400. The molecular weight excluding hydrogens is 270 g/mol. The molecular formula is C20H25NO. The maximum atomic E-state index is 6.37. The summed E-state index contributed by atoms with van der Waals surface area (Å²) in [5.74, 6) is 0.686. The van der Waals surface area contributed by atoms with Crippen molar-refractivity contribution in [3.63, 3.8) is 0 Å². The second-order valence-electron chi connectivity index (χ2n) is 6.28. The quantitative estimate of drug-likeness (QED) is 0.822. The Labute approximate surface area is 133 Å². The molecule has 0 N–H and O–H groups in total. The summed E-state index contributed by atoms with van der Waals surface area (Å²) < 4.78 is 6.37. The molecule has 2 aromatic carbocycles. The molecule has 1 aliphatic rings. The highest BCUT2D eigenvalue weighted by Gasteiger charge is 2.20. The third kappa shape index (κ3) is 3.96. The van der Waals surface area contributed by atoms with Crippen LogP contribution in [0, 0.1) is 5.92 Å². The van der Waals surface area contributed by atoms with Gasteiger partial charge in [-0.05, 0) is 50.0 Å². The van der Waals surface area contributed by atoms with E-state index in [9.17, 15) is 0 Å². The molecule has 22 heavy (non-hydrogen) atoms. The topological polar surface area (TPSA) is 12.5 Å². The Kier molecular flexibility index (Phi) is 5.25. The van der Waals surface area contributed by atoms with E-state index in [4.69, 9.17) is 4.74 Å². The van der Waals surface area contributed by atoms with Gasteiger partial charge in [0.05, 0.1) is 6.61 Å². The normalized spacial score (nSPS) is 17.0. The van der Waals surface area contributed by atoms with Gasteiger partial charge in [-0.3, -0.25) is 0 Å². The van der Waals surface area contributed by atoms with Crippen LogP contribution in [0.1, 0.15) is 30.1 Å². The molecule has 0 aliphatic carbocycles. The van der Waals surface area contributed by atoms with Crippen molar-refractivity contribution in [2.45, 2.75) is 18.9 Å². The van der Waals surface area contributed by atoms with E-state index in [0.717, 1.165) is 6.61 Å². The van der Waals surface area contributed by atoms with Crippen LogP contribution in [-0.4, -0.2) is 31.6 Å². The summed E-state index contributed by atoms with van der Waals surface area (Å²) in [6.07, 6.45) is 2.53. The summed E-state index contributed by atoms with van der Waals surface area (Å²) in [5.41, 5.74) is 2.48. The number of ether oxygens (including phenoxy) is 1. The molecule has 0 amide bonds. The van der Waals surface area contributed by atoms with Crippen molar-refractivity contribution in [1.29, 1.82) is 0 Å². The smallest absolute Gasteiger partial charge is 0.108 e. The van der Waals surface area contributed by atoms with Crippen LogP contribution in [0.3, 0.4) is 0 Å². The third-order valence-electron chi connectivity index (χ3n) is 4.54. The average molecular weight is 295 g/mol. The third-order valence-corrected chi connectivity index (χ3v) is 4.54. The fourth-order valence-electron chi connectivity index (χ4n) is 3.10. The van der Waals surface area contributed by atoms with Gasteiger partial charge in [0.2, 0.25) is 0 Å². The van der Waals surface area contributed by atoms with Crippen molar-refractivity contribution in [3.05, 3.63) is 71.8 Å². The molecule has 1 fully saturated rings. The van der Waals surface area contributed by atoms with E-state index >= 15 is 0 Å². The first-order valence-electron chi connectivity index (χ1n) is 8.23. The van der Waals surface area contributed by atoms with Gasteiger partial charge in [-0.25, -0.2) is 0 Å². The van der Waals surface area contributed by atoms with E-state index in [0.29, 0.717) is 5.92 Å². The van der Waals surface area contributed by atoms with Gasteiger partial charge in [-0.1, -0.05) is 60.7 Å². The van der Waals surface area contributed by atoms with Crippen molar-refractivity contribution >= 4 is 0 Å². The minimum Gasteiger partial charge on any atom is -0.368 e. The van der Waals surface area contributed by atoms with Crippen LogP contribution in [0.25, 0.3) is 0 Å². The highest BCUT2D eigenvalue weighted by atomic mass is 16.5. The summed E-state index contributed by atoms with van der Waals surface area (Å²) in [5, 5.41) is 0. The van der Waals surface area contributed by atoms with E-state index in [1.807, 2.05) is 0 Å². The average Bonchev–Trinajstić information content (AvgIpc) is 2.59. The number of hydrogen-bond acceptors (Lipinski definition) is 2. The highest BCUT2D eigenvalue weighted by Crippen LogP contribution is 2.28. The van der Waals surface area contributed by atoms with Gasteiger partial charge in [0.15, 0.2) is 0 Å². The summed E-state index contributed by atoms with van der Waals surface area (Å²) in [6.45, 7) is 3.23. The molecule has 3 rings (SSSR count). The second-order valence-corrected chi connectivity index (χ2v) is 6.28. The molecule has 1 aliphatic heterocycles. The minimum absolute atomic E-state index is 0.0436. The van der Waals surface area contributed by atoms with E-state index in [-0.39, 0.29) is 6.10 Å². The Morgan fingerprint density at radius 2 is 1.41 bits per heavy atom. The number of nitrogens with zero attached hydrogens (tertiary/aromatic N) is 1. The molecule has 2 aromatic rings. The Morgan fingerprint density at radius 1 is 0.909 bits per heavy atom. The molecule has 0 radical (unpaired) electrons. The lowest BCUT2D eigenvalue weighted by atomic mass is 9.97. The number of likely N-dealkylation sites (tertiary alicyclic amines) is 1. The Morgan fingerprint density at radius 3 is 1.91 bits per heavy atom. The molecule has 0 aromatic heterocycles. The summed E-state index contributed by atoms with van der Waals surface area (Å²) in [6, 6.07) is 21.1. The van der Waals surface area contributed by atoms with Crippen molar-refractivity contribution in [2.75, 3.05) is 26.7 Å². The van der Waals surface area contributed by atoms with Crippen LogP contribution in [-0.2, 0) is 4.74 Å². The predicted molar refractivity (Wildman–Crippen MR) is 90.9 cm³/mol. The highest BCUT2D eigenvalue weighted by molar-refractivity contribution is 5.29. The molecule has 0 atom stereocenters. The van der Waals surface area contributed by atoms with Gasteiger partial charge in [-0.2, -0.15) is 0 Å². The molecule has 0 unspecified atom stereocenters. The maximum Gasteiger partial charge on any atom is 0.108 e. The maximum absolute atomic E-state index is 6.37. The van der Waals surface area contributed by atoms with Crippen LogP contribution in [0.2, 0.25) is 0 Å². The van der Waals surface area contributed by atoms with Crippen molar-refractivity contribution < 1.29 is 4.74 Å². The van der Waals surface area contributed by atoms with E-state index in [2.05, 4.69) is 72.6 Å². The first-order chi connectivity index (χ1) is 10.8. The predicted octanol–water partition coefficient (Wildman–Crippen LogP) is 4.13. The first kappa shape index (κ1) is 15.3. The summed E-state index contributed by atoms with van der Waals surface area (Å²) in [4.78, 5) is 2.41. The van der Waals surface area contributed by atoms with Crippen molar-refractivity contribution in [2.24, 2.45) is 5.92 Å². The van der Waals surface area contributed by atoms with Crippen molar-refractivity contribution in [3.8, 4) is 0 Å². The minimum atomic E-state index is 0.0436. The van der Waals surface area contributed by atoms with Crippen molar-refractivity contribution in [1.82, 2.24) is 4.90 Å². The Hall–Kier alpha value is -1.64. The van der Waals surface area contributed by atoms with E-state index in [1.165, 1.54) is 37.1 Å². The molecule has 1 heterocycles. The lowest BCUT2D eigenvalue weighted by Crippen LogP contribution is -2.32. The largest absolute Gasteiger partial charge is 0.368 e. The monoisotopic (exact) mass is 295 g/mol. The Bertz CT molecular complexity index is 507. The van der Waals surface area contributed by atoms with Gasteiger partial charge in [0.1, 0.15) is 6.10 Å². The standard InChI is InChI=1S/C20H25NO/c1-21-14-12-17(13-15-21)16-22-20(18-8-4-2-5-9-18)19-10-6-3-7-11-19/h2-11,17,20H,12-16H2,1H3. The lowest BCUT2D eigenvalue weighted by molar-refractivity contribution is 0.0339. The van der Waals surface area contributed by atoms with Gasteiger partial charge < -0.3 is 9.64 Å². The van der Waals surface area contributed by atoms with Crippen LogP contribution in [0.5, 0.6) is 0 Å². The summed E-state index contributed by atoms with van der Waals surface area (Å²) in [7, 11) is 2.20. The first-order valence-corrected chi connectivity index (χ1v) is 8.23. The molecule has 2 heteroatoms. The SMILES string of the molecule is CN1CCC(COC(c2ccccc2)c2ccccc2)CC1. The van der Waals surface area contributed by atoms with Gasteiger partial charge in [0, 0.05) is 0 Å². The van der Waals surface area contributed by atoms with Crippen LogP contribution in [0.4, 0.5) is 0 Å². The molecule has 2 nitrogen and oxygen atoms in total. The van der Waals surface area contributed by atoms with Gasteiger partial charge in [0.25, 0.3) is 0 Å². The zero-order chi connectivity index (χ0) is 15.2. The van der Waals surface area contributed by atoms with Gasteiger partial charge in [-0.15, -0.1) is 0 Å². The number of rotatable bonds is 5. The molecule has 0 spiro atoms. The lowest BCUT2D eigenvalue weighted by Gasteiger charge is -2.30. The van der Waals surface area contributed by atoms with Crippen LogP contribution in [0.15, 0.2) is 60.7 Å². The Balaban J connectivity index is 1.70. The summed E-state index contributed by atoms with van der Waals surface area (Å²) >= 11 is 0. The molecule has 116 valence electrons. The van der Waals surface area contributed by atoms with Crippen LogP contribution < -0.4 is 0 Å².